The van der Waals surface area contributed by atoms with Crippen LogP contribution in [0, 0.1) is 27.7 Å². The van der Waals surface area contributed by atoms with Crippen LogP contribution in [0.15, 0.2) is 182 Å². The molecule has 6 heterocycles. The van der Waals surface area contributed by atoms with E-state index < -0.39 is 0 Å². The lowest BCUT2D eigenvalue weighted by Crippen LogP contribution is -2.33. The van der Waals surface area contributed by atoms with Crippen molar-refractivity contribution >= 4 is 89.1 Å². The topological polar surface area (TPSA) is 64.5 Å². The van der Waals surface area contributed by atoms with Gasteiger partial charge in [0.15, 0.2) is 11.6 Å². The third-order valence-corrected chi connectivity index (χ3v) is 12.5. The third kappa shape index (κ3) is 5.53. The molecule has 0 atom stereocenters. The number of nitrogens with zero attached hydrogens (tertiary/aromatic N) is 8. The van der Waals surface area contributed by atoms with Gasteiger partial charge in [0, 0.05) is 21.5 Å². The van der Waals surface area contributed by atoms with E-state index in [1.807, 2.05) is 49.1 Å². The van der Waals surface area contributed by atoms with Crippen molar-refractivity contribution in [1.29, 1.82) is 0 Å². The van der Waals surface area contributed by atoms with Crippen molar-refractivity contribution in [3.8, 4) is 0 Å². The number of hydrogen-bond donors (Lipinski definition) is 0. The van der Waals surface area contributed by atoms with E-state index >= 15 is 0 Å². The van der Waals surface area contributed by atoms with Crippen LogP contribution in [0.5, 0.6) is 0 Å². The highest BCUT2D eigenvalue weighted by molar-refractivity contribution is 6.03. The molecule has 0 spiro atoms. The maximum Gasteiger partial charge on any atom is 0.166 e. The monoisotopic (exact) mass is 800 g/mol. The molecule has 8 nitrogen and oxygen atoms in total. The normalized spacial score (nSPS) is 13.6. The molecule has 0 radical (unpaired) electrons. The number of fused-ring (bicyclic) bond motifs is 6. The number of aromatic nitrogens is 4. The number of benzene rings is 6. The van der Waals surface area contributed by atoms with Crippen molar-refractivity contribution in [2.24, 2.45) is 0 Å². The first-order valence-electron chi connectivity index (χ1n) is 20.9. The quantitative estimate of drug-likeness (QED) is 0.174. The summed E-state index contributed by atoms with van der Waals surface area (Å²) in [7, 11) is 0. The Hall–Kier alpha value is -8.10. The van der Waals surface area contributed by atoms with E-state index in [0.717, 1.165) is 101 Å². The second-order valence-electron chi connectivity index (χ2n) is 16.4. The molecule has 10 aromatic rings. The summed E-state index contributed by atoms with van der Waals surface area (Å²) in [6.07, 6.45) is 8.02. The van der Waals surface area contributed by atoms with E-state index in [1.54, 1.807) is 0 Å². The fourth-order valence-electron chi connectivity index (χ4n) is 9.12. The van der Waals surface area contributed by atoms with Crippen LogP contribution in [0.25, 0.3) is 43.6 Å². The van der Waals surface area contributed by atoms with Gasteiger partial charge in [0.05, 0.1) is 92.4 Å². The molecule has 4 aromatic heterocycles. The molecule has 0 amide bonds. The van der Waals surface area contributed by atoms with Crippen molar-refractivity contribution in [2.75, 3.05) is 19.6 Å². The Morgan fingerprint density at radius 1 is 0.290 bits per heavy atom. The van der Waals surface area contributed by atoms with Crippen LogP contribution in [-0.4, -0.2) is 19.9 Å². The van der Waals surface area contributed by atoms with E-state index in [2.05, 4.69) is 169 Å². The molecule has 0 aliphatic carbocycles. The van der Waals surface area contributed by atoms with Gasteiger partial charge in [-0.25, -0.2) is 0 Å². The van der Waals surface area contributed by atoms with E-state index in [4.69, 9.17) is 19.9 Å². The molecule has 0 saturated heterocycles. The van der Waals surface area contributed by atoms with Crippen LogP contribution in [-0.2, 0) is 0 Å². The van der Waals surface area contributed by atoms with Gasteiger partial charge in [0.2, 0.25) is 0 Å². The fraction of sp³-hybridized carbons (Fsp3) is 0.0741. The first-order chi connectivity index (χ1) is 30.4. The molecular formula is C54H40N8. The van der Waals surface area contributed by atoms with Gasteiger partial charge in [0.1, 0.15) is 0 Å². The van der Waals surface area contributed by atoms with Crippen molar-refractivity contribution < 1.29 is 0 Å². The van der Waals surface area contributed by atoms with Crippen LogP contribution >= 0.6 is 0 Å². The predicted molar refractivity (Wildman–Crippen MR) is 254 cm³/mol. The molecule has 0 unspecified atom stereocenters. The Balaban J connectivity index is 1.26. The third-order valence-electron chi connectivity index (χ3n) is 12.5. The summed E-state index contributed by atoms with van der Waals surface area (Å²) in [6, 6.07) is 51.6. The second-order valence-corrected chi connectivity index (χ2v) is 16.4. The van der Waals surface area contributed by atoms with Gasteiger partial charge in [-0.3, -0.25) is 39.5 Å². The van der Waals surface area contributed by atoms with Gasteiger partial charge < -0.3 is 0 Å². The molecule has 0 bridgehead atoms. The van der Waals surface area contributed by atoms with Crippen molar-refractivity contribution in [3.05, 3.63) is 204 Å². The minimum absolute atomic E-state index is 0.909. The molecule has 12 rings (SSSR count). The molecular weight excluding hydrogens is 761 g/mol. The smallest absolute Gasteiger partial charge is 0.166 e. The Morgan fingerprint density at radius 2 is 0.516 bits per heavy atom. The standard InChI is InChI=1S/C54H40N8/c1-33-21-49-50(22-34(33)2)60(42-26-38-14-6-10-18-46(38)56-30-42)53(59(49)41-25-37-13-5-9-17-45(37)55-29-41)54-61(43-27-39-15-7-11-19-47(39)57-31-43)51-23-35(3)36(4)24-52(51)62(54)44-28-40-16-8-12-20-48(40)58-32-44/h5-32H,1-4H3. The highest BCUT2D eigenvalue weighted by Crippen LogP contribution is 2.58. The first-order valence-corrected chi connectivity index (χ1v) is 20.9. The summed E-state index contributed by atoms with van der Waals surface area (Å²) >= 11 is 0. The molecule has 2 aliphatic heterocycles. The molecule has 2 aliphatic rings. The van der Waals surface area contributed by atoms with Crippen molar-refractivity contribution in [1.82, 2.24) is 19.9 Å². The van der Waals surface area contributed by atoms with E-state index in [-0.39, 0.29) is 0 Å². The summed E-state index contributed by atoms with van der Waals surface area (Å²) in [5, 5.41) is 4.21. The first kappa shape index (κ1) is 35.8. The molecule has 0 saturated carbocycles. The average molecular weight is 801 g/mol. The largest absolute Gasteiger partial charge is 0.289 e. The molecule has 62 heavy (non-hydrogen) atoms. The zero-order valence-electron chi connectivity index (χ0n) is 34.7. The minimum atomic E-state index is 0.909. The highest BCUT2D eigenvalue weighted by atomic mass is 15.5. The van der Waals surface area contributed by atoms with Gasteiger partial charge >= 0.3 is 0 Å². The van der Waals surface area contributed by atoms with Crippen LogP contribution < -0.4 is 19.6 Å². The maximum atomic E-state index is 5.08. The van der Waals surface area contributed by atoms with Crippen LogP contribution in [0.3, 0.4) is 0 Å². The predicted octanol–water partition coefficient (Wildman–Crippen LogP) is 13.5. The van der Waals surface area contributed by atoms with Gasteiger partial charge in [-0.15, -0.1) is 0 Å². The maximum absolute atomic E-state index is 5.08. The lowest BCUT2D eigenvalue weighted by Gasteiger charge is -2.34. The SMILES string of the molecule is Cc1cc2c(cc1C)N(c1cnc3ccccc3c1)C(=C1N(c3cnc4ccccc4c3)c3cc(C)c(C)cc3N1c1cnc3ccccc3c1)N2c1cnc2ccccc2c1. The Labute approximate surface area is 359 Å². The summed E-state index contributed by atoms with van der Waals surface area (Å²) in [5.41, 5.74) is 16.4. The number of rotatable bonds is 4. The summed E-state index contributed by atoms with van der Waals surface area (Å²) in [6.45, 7) is 8.76. The summed E-state index contributed by atoms with van der Waals surface area (Å²) in [4.78, 5) is 29.9. The van der Waals surface area contributed by atoms with Crippen molar-refractivity contribution in [3.63, 3.8) is 0 Å². The number of pyridine rings is 4. The Kier molecular flexibility index (Phi) is 7.93. The molecule has 296 valence electrons. The molecule has 6 aromatic carbocycles. The van der Waals surface area contributed by atoms with Gasteiger partial charge in [-0.05, 0) is 123 Å². The Morgan fingerprint density at radius 3 is 0.758 bits per heavy atom. The van der Waals surface area contributed by atoms with E-state index in [0.29, 0.717) is 0 Å². The van der Waals surface area contributed by atoms with Crippen LogP contribution in [0.1, 0.15) is 22.3 Å². The lowest BCUT2D eigenvalue weighted by atomic mass is 10.1. The zero-order chi connectivity index (χ0) is 41.6. The molecule has 8 heteroatoms. The lowest BCUT2D eigenvalue weighted by molar-refractivity contribution is 1.00. The van der Waals surface area contributed by atoms with Gasteiger partial charge in [-0.1, -0.05) is 72.8 Å². The van der Waals surface area contributed by atoms with E-state index in [1.165, 1.54) is 22.3 Å². The van der Waals surface area contributed by atoms with Gasteiger partial charge in [-0.2, -0.15) is 0 Å². The van der Waals surface area contributed by atoms with E-state index in [9.17, 15) is 0 Å². The Bertz CT molecular complexity index is 3060. The number of anilines is 8. The van der Waals surface area contributed by atoms with Crippen LogP contribution in [0.4, 0.5) is 45.5 Å². The average Bonchev–Trinajstić information content (AvgIpc) is 3.80. The molecule has 0 N–H and O–H groups in total. The summed E-state index contributed by atoms with van der Waals surface area (Å²) in [5.74, 6) is 1.82. The summed E-state index contributed by atoms with van der Waals surface area (Å²) < 4.78 is 0. The number of para-hydroxylation sites is 4. The van der Waals surface area contributed by atoms with Crippen LogP contribution in [0.2, 0.25) is 0 Å². The highest BCUT2D eigenvalue weighted by Gasteiger charge is 2.45. The number of aryl methyl sites for hydroxylation is 4. The minimum Gasteiger partial charge on any atom is -0.289 e. The second kappa shape index (κ2) is 13.7. The van der Waals surface area contributed by atoms with Gasteiger partial charge in [0.25, 0.3) is 0 Å². The molecule has 0 fully saturated rings. The number of hydrogen-bond acceptors (Lipinski definition) is 8. The van der Waals surface area contributed by atoms with Crippen molar-refractivity contribution in [2.45, 2.75) is 27.7 Å². The zero-order valence-corrected chi connectivity index (χ0v) is 34.7. The fourth-order valence-corrected chi connectivity index (χ4v) is 9.12.